The van der Waals surface area contributed by atoms with Gasteiger partial charge in [-0.05, 0) is 31.2 Å². The smallest absolute Gasteiger partial charge is 0.133 e. The van der Waals surface area contributed by atoms with E-state index in [0.717, 1.165) is 17.7 Å². The van der Waals surface area contributed by atoms with Gasteiger partial charge in [-0.15, -0.1) is 12.4 Å². The molecule has 2 rings (SSSR count). The number of hydrogen-bond acceptors (Lipinski definition) is 3. The molecular formula is C15H20BrClN2O. The molecule has 0 radical (unpaired) electrons. The molecule has 1 unspecified atom stereocenters. The maximum Gasteiger partial charge on any atom is 0.133 e. The topological polar surface area (TPSA) is 69.1 Å². The zero-order chi connectivity index (χ0) is 14.5. The summed E-state index contributed by atoms with van der Waals surface area (Å²) in [7, 11) is 0. The van der Waals surface area contributed by atoms with Crippen LogP contribution in [0.4, 0.5) is 11.4 Å². The van der Waals surface area contributed by atoms with E-state index in [1.54, 1.807) is 6.92 Å². The zero-order valence-corrected chi connectivity index (χ0v) is 13.7. The summed E-state index contributed by atoms with van der Waals surface area (Å²) in [5, 5.41) is 0. The van der Waals surface area contributed by atoms with Crippen LogP contribution < -0.4 is 11.5 Å². The normalized spacial score (nSPS) is 9.50. The zero-order valence-electron chi connectivity index (χ0n) is 11.3. The highest BCUT2D eigenvalue weighted by Crippen LogP contribution is 1.96. The average molecular weight is 360 g/mol. The summed E-state index contributed by atoms with van der Waals surface area (Å²) in [5.41, 5.74) is 12.4. The van der Waals surface area contributed by atoms with E-state index in [1.165, 1.54) is 0 Å². The van der Waals surface area contributed by atoms with Gasteiger partial charge in [-0.1, -0.05) is 52.3 Å². The number of carbonyl (C=O) groups is 1. The summed E-state index contributed by atoms with van der Waals surface area (Å²) in [5.74, 6) is 0. The molecule has 0 saturated heterocycles. The fourth-order valence-electron chi connectivity index (χ4n) is 0.906. The number of para-hydroxylation sites is 2. The highest BCUT2D eigenvalue weighted by Gasteiger charge is 1.82. The van der Waals surface area contributed by atoms with Crippen LogP contribution in [0.5, 0.6) is 0 Å². The first-order chi connectivity index (χ1) is 9.06. The van der Waals surface area contributed by atoms with Crippen molar-refractivity contribution in [2.45, 2.75) is 11.8 Å². The van der Waals surface area contributed by atoms with Gasteiger partial charge in [-0.25, -0.2) is 0 Å². The lowest BCUT2D eigenvalue weighted by atomic mass is 10.3. The molecule has 0 aliphatic carbocycles. The number of benzene rings is 2. The van der Waals surface area contributed by atoms with Crippen molar-refractivity contribution in [2.75, 3.05) is 11.5 Å². The number of hydrogen-bond donors (Lipinski definition) is 2. The van der Waals surface area contributed by atoms with Crippen molar-refractivity contribution < 1.29 is 4.79 Å². The molecular weight excluding hydrogens is 340 g/mol. The van der Waals surface area contributed by atoms with Crippen LogP contribution in [0.2, 0.25) is 0 Å². The van der Waals surface area contributed by atoms with E-state index >= 15 is 0 Å². The number of rotatable bonds is 1. The van der Waals surface area contributed by atoms with Gasteiger partial charge < -0.3 is 16.3 Å². The highest BCUT2D eigenvalue weighted by molar-refractivity contribution is 9.09. The summed E-state index contributed by atoms with van der Waals surface area (Å²) in [4.78, 5) is 9.47. The summed E-state index contributed by atoms with van der Waals surface area (Å²) >= 11 is 3.01. The number of nitrogen functional groups attached to an aromatic ring is 2. The lowest BCUT2D eigenvalue weighted by molar-refractivity contribution is -0.107. The Morgan fingerprint density at radius 1 is 0.900 bits per heavy atom. The largest absolute Gasteiger partial charge is 0.399 e. The number of nitrogens with two attached hydrogens (primary N) is 2. The lowest BCUT2D eigenvalue weighted by Gasteiger charge is -1.83. The number of halogens is 2. The molecule has 3 nitrogen and oxygen atoms in total. The summed E-state index contributed by atoms with van der Waals surface area (Å²) in [6.45, 7) is 1.77. The second kappa shape index (κ2) is 13.9. The SMILES string of the molecule is CC(Br)C=O.Cl.Nc1ccccc1.Nc1ccccc1. The van der Waals surface area contributed by atoms with Crippen LogP contribution >= 0.6 is 28.3 Å². The van der Waals surface area contributed by atoms with Gasteiger partial charge in [0.1, 0.15) is 6.29 Å². The molecule has 110 valence electrons. The van der Waals surface area contributed by atoms with Crippen molar-refractivity contribution in [1.29, 1.82) is 0 Å². The predicted octanol–water partition coefficient (Wildman–Crippen LogP) is 3.93. The van der Waals surface area contributed by atoms with Crippen molar-refractivity contribution >= 4 is 46.0 Å². The second-order valence-corrected chi connectivity index (χ2v) is 5.08. The monoisotopic (exact) mass is 358 g/mol. The van der Waals surface area contributed by atoms with Gasteiger partial charge in [0.05, 0.1) is 4.83 Å². The molecule has 0 aliphatic rings. The van der Waals surface area contributed by atoms with Gasteiger partial charge in [0.2, 0.25) is 0 Å². The molecule has 20 heavy (non-hydrogen) atoms. The third-order valence-corrected chi connectivity index (χ3v) is 2.00. The van der Waals surface area contributed by atoms with Gasteiger partial charge in [-0.3, -0.25) is 0 Å². The molecule has 2 aromatic rings. The molecule has 0 saturated carbocycles. The Morgan fingerprint density at radius 2 is 1.15 bits per heavy atom. The minimum Gasteiger partial charge on any atom is -0.399 e. The Kier molecular flexibility index (Phi) is 14.5. The van der Waals surface area contributed by atoms with Gasteiger partial charge in [-0.2, -0.15) is 0 Å². The number of anilines is 2. The maximum absolute atomic E-state index is 9.46. The van der Waals surface area contributed by atoms with Crippen molar-refractivity contribution in [3.63, 3.8) is 0 Å². The molecule has 5 heteroatoms. The molecule has 4 N–H and O–H groups in total. The quantitative estimate of drug-likeness (QED) is 0.460. The lowest BCUT2D eigenvalue weighted by Crippen LogP contribution is -1.85. The van der Waals surface area contributed by atoms with E-state index in [0.29, 0.717) is 0 Å². The summed E-state index contributed by atoms with van der Waals surface area (Å²) in [6.07, 6.45) is 0.833. The van der Waals surface area contributed by atoms with Crippen molar-refractivity contribution in [2.24, 2.45) is 0 Å². The molecule has 0 fully saturated rings. The molecule has 1 atom stereocenters. The van der Waals surface area contributed by atoms with Crippen LogP contribution in [0.3, 0.4) is 0 Å². The Balaban J connectivity index is 0. The summed E-state index contributed by atoms with van der Waals surface area (Å²) < 4.78 is 0. The number of alkyl halides is 1. The van der Waals surface area contributed by atoms with Crippen LogP contribution in [-0.2, 0) is 4.79 Å². The Bertz CT molecular complexity index is 401. The summed E-state index contributed by atoms with van der Waals surface area (Å²) in [6, 6.07) is 19.0. The van der Waals surface area contributed by atoms with E-state index in [4.69, 9.17) is 11.5 Å². The first kappa shape index (κ1) is 20.8. The second-order valence-electron chi connectivity index (χ2n) is 3.63. The van der Waals surface area contributed by atoms with Gasteiger partial charge >= 0.3 is 0 Å². The minimum atomic E-state index is 0. The molecule has 0 aliphatic heterocycles. The molecule has 2 aromatic carbocycles. The third kappa shape index (κ3) is 14.5. The average Bonchev–Trinajstić information content (AvgIpc) is 2.42. The molecule has 0 amide bonds. The van der Waals surface area contributed by atoms with Crippen LogP contribution in [0.25, 0.3) is 0 Å². The maximum atomic E-state index is 9.46. The Labute approximate surface area is 134 Å². The third-order valence-electron chi connectivity index (χ3n) is 1.79. The first-order valence-corrected chi connectivity index (χ1v) is 6.68. The molecule has 0 heterocycles. The van der Waals surface area contributed by atoms with E-state index in [-0.39, 0.29) is 17.2 Å². The van der Waals surface area contributed by atoms with E-state index in [9.17, 15) is 4.79 Å². The van der Waals surface area contributed by atoms with Crippen LogP contribution in [-0.4, -0.2) is 11.1 Å². The van der Waals surface area contributed by atoms with E-state index in [2.05, 4.69) is 15.9 Å². The van der Waals surface area contributed by atoms with Crippen molar-refractivity contribution in [3.05, 3.63) is 60.7 Å². The Morgan fingerprint density at radius 3 is 1.25 bits per heavy atom. The van der Waals surface area contributed by atoms with Gasteiger partial charge in [0.15, 0.2) is 0 Å². The van der Waals surface area contributed by atoms with Crippen LogP contribution in [0.1, 0.15) is 6.92 Å². The highest BCUT2D eigenvalue weighted by atomic mass is 79.9. The molecule has 0 aromatic heterocycles. The fourth-order valence-corrected chi connectivity index (χ4v) is 0.906. The van der Waals surface area contributed by atoms with Gasteiger partial charge in [0, 0.05) is 11.4 Å². The van der Waals surface area contributed by atoms with Gasteiger partial charge in [0.25, 0.3) is 0 Å². The first-order valence-electron chi connectivity index (χ1n) is 5.76. The molecule has 0 spiro atoms. The minimum absolute atomic E-state index is 0. The van der Waals surface area contributed by atoms with E-state index < -0.39 is 0 Å². The number of carbonyl (C=O) groups excluding carboxylic acids is 1. The standard InChI is InChI=1S/2C6H7N.C3H5BrO.ClH/c2*7-6-4-2-1-3-5-6;1-3(4)2-5;/h2*1-5H,7H2;2-3H,1H3;1H. The van der Waals surface area contributed by atoms with Crippen molar-refractivity contribution in [3.8, 4) is 0 Å². The number of aldehydes is 1. The van der Waals surface area contributed by atoms with Crippen LogP contribution in [0, 0.1) is 0 Å². The predicted molar refractivity (Wildman–Crippen MR) is 93.4 cm³/mol. The molecule has 0 bridgehead atoms. The van der Waals surface area contributed by atoms with Crippen LogP contribution in [0.15, 0.2) is 60.7 Å². The van der Waals surface area contributed by atoms with Crippen molar-refractivity contribution in [1.82, 2.24) is 0 Å². The fraction of sp³-hybridized carbons (Fsp3) is 0.133. The van der Waals surface area contributed by atoms with E-state index in [1.807, 2.05) is 60.7 Å². The Hall–Kier alpha value is -1.52.